The van der Waals surface area contributed by atoms with E-state index in [0.29, 0.717) is 36.8 Å². The molecule has 0 aromatic carbocycles. The molecule has 0 aliphatic rings. The van der Waals surface area contributed by atoms with Gasteiger partial charge in [-0.2, -0.15) is 4.98 Å². The minimum atomic E-state index is -0.300. The molecule has 0 aliphatic carbocycles. The maximum atomic E-state index is 10.6. The quantitative estimate of drug-likeness (QED) is 0.631. The van der Waals surface area contributed by atoms with Crippen LogP contribution in [0.3, 0.4) is 0 Å². The maximum Gasteiger partial charge on any atom is 0.239 e. The largest absolute Gasteiger partial charge is 0.473 e. The molecule has 1 amide bonds. The first-order valence-corrected chi connectivity index (χ1v) is 5.94. The van der Waals surface area contributed by atoms with Crippen molar-refractivity contribution in [3.8, 4) is 5.88 Å². The molecule has 1 rings (SSSR count). The van der Waals surface area contributed by atoms with E-state index in [2.05, 4.69) is 10.3 Å². The summed E-state index contributed by atoms with van der Waals surface area (Å²) in [6, 6.07) is 3.51. The van der Waals surface area contributed by atoms with Crippen LogP contribution < -0.4 is 21.5 Å². The maximum absolute atomic E-state index is 10.6. The second kappa shape index (κ2) is 6.68. The molecule has 0 bridgehead atoms. The first-order chi connectivity index (χ1) is 8.49. The van der Waals surface area contributed by atoms with Crippen LogP contribution in [0.15, 0.2) is 12.1 Å². The van der Waals surface area contributed by atoms with Crippen molar-refractivity contribution in [1.82, 2.24) is 4.98 Å². The van der Waals surface area contributed by atoms with Crippen molar-refractivity contribution < 1.29 is 9.53 Å². The fraction of sp³-hybridized carbons (Fsp3) is 0.500. The summed E-state index contributed by atoms with van der Waals surface area (Å²) in [5, 5.41) is 3.09. The first-order valence-electron chi connectivity index (χ1n) is 5.94. The number of anilines is 2. The highest BCUT2D eigenvalue weighted by Crippen LogP contribution is 2.21. The molecule has 18 heavy (non-hydrogen) atoms. The lowest BCUT2D eigenvalue weighted by molar-refractivity contribution is -0.118. The SMILES string of the molecule is CC(C)Oc1nc(NCCCC(N)=O)ccc1N. The lowest BCUT2D eigenvalue weighted by atomic mass is 10.3. The molecule has 0 saturated carbocycles. The van der Waals surface area contributed by atoms with Crippen LogP contribution in [0.1, 0.15) is 26.7 Å². The number of aromatic nitrogens is 1. The number of nitrogens with zero attached hydrogens (tertiary/aromatic N) is 1. The molecule has 1 aromatic rings. The van der Waals surface area contributed by atoms with E-state index >= 15 is 0 Å². The van der Waals surface area contributed by atoms with Gasteiger partial charge < -0.3 is 21.5 Å². The van der Waals surface area contributed by atoms with Crippen molar-refractivity contribution >= 4 is 17.4 Å². The van der Waals surface area contributed by atoms with Crippen molar-refractivity contribution in [3.05, 3.63) is 12.1 Å². The molecule has 6 heteroatoms. The number of nitrogen functional groups attached to an aromatic ring is 1. The molecule has 0 fully saturated rings. The Balaban J connectivity index is 2.53. The first kappa shape index (κ1) is 14.1. The molecule has 1 heterocycles. The van der Waals surface area contributed by atoms with Crippen molar-refractivity contribution in [2.45, 2.75) is 32.8 Å². The third-order valence-corrected chi connectivity index (χ3v) is 2.14. The van der Waals surface area contributed by atoms with Gasteiger partial charge in [-0.1, -0.05) is 0 Å². The zero-order valence-electron chi connectivity index (χ0n) is 10.8. The average Bonchev–Trinajstić information content (AvgIpc) is 2.27. The number of nitrogens with one attached hydrogen (secondary N) is 1. The van der Waals surface area contributed by atoms with Gasteiger partial charge in [0.1, 0.15) is 5.82 Å². The Morgan fingerprint density at radius 2 is 2.22 bits per heavy atom. The minimum Gasteiger partial charge on any atom is -0.473 e. The lowest BCUT2D eigenvalue weighted by Gasteiger charge is -2.12. The van der Waals surface area contributed by atoms with E-state index in [1.807, 2.05) is 13.8 Å². The van der Waals surface area contributed by atoms with E-state index in [0.717, 1.165) is 0 Å². The highest BCUT2D eigenvalue weighted by molar-refractivity contribution is 5.73. The van der Waals surface area contributed by atoms with Crippen LogP contribution in [0.2, 0.25) is 0 Å². The van der Waals surface area contributed by atoms with Crippen molar-refractivity contribution in [1.29, 1.82) is 0 Å². The van der Waals surface area contributed by atoms with Crippen molar-refractivity contribution in [2.24, 2.45) is 5.73 Å². The molecule has 1 aromatic heterocycles. The summed E-state index contributed by atoms with van der Waals surface area (Å²) in [5.74, 6) is 0.792. The highest BCUT2D eigenvalue weighted by atomic mass is 16.5. The Bertz CT molecular complexity index is 407. The van der Waals surface area contributed by atoms with E-state index in [1.54, 1.807) is 12.1 Å². The molecule has 0 atom stereocenters. The lowest BCUT2D eigenvalue weighted by Crippen LogP contribution is -2.13. The van der Waals surface area contributed by atoms with Gasteiger partial charge in [0.2, 0.25) is 11.8 Å². The highest BCUT2D eigenvalue weighted by Gasteiger charge is 2.06. The van der Waals surface area contributed by atoms with Crippen LogP contribution in [0.25, 0.3) is 0 Å². The van der Waals surface area contributed by atoms with Crippen LogP contribution >= 0.6 is 0 Å². The molecule has 100 valence electrons. The number of ether oxygens (including phenoxy) is 1. The summed E-state index contributed by atoms with van der Waals surface area (Å²) in [5.41, 5.74) is 11.3. The van der Waals surface area contributed by atoms with Gasteiger partial charge in [-0.05, 0) is 32.4 Å². The van der Waals surface area contributed by atoms with E-state index in [1.165, 1.54) is 0 Å². The van der Waals surface area contributed by atoms with Gasteiger partial charge in [0.25, 0.3) is 0 Å². The normalized spacial score (nSPS) is 10.4. The molecule has 0 spiro atoms. The van der Waals surface area contributed by atoms with Crippen LogP contribution in [-0.4, -0.2) is 23.5 Å². The average molecular weight is 252 g/mol. The Kier molecular flexibility index (Phi) is 5.23. The van der Waals surface area contributed by atoms with Gasteiger partial charge in [-0.15, -0.1) is 0 Å². The second-order valence-corrected chi connectivity index (χ2v) is 4.25. The summed E-state index contributed by atoms with van der Waals surface area (Å²) in [4.78, 5) is 14.8. The standard InChI is InChI=1S/C12H20N4O2/c1-8(2)18-12-9(13)5-6-11(16-12)15-7-3-4-10(14)17/h5-6,8H,3-4,7,13H2,1-2H3,(H2,14,17)(H,15,16). The van der Waals surface area contributed by atoms with Crippen molar-refractivity contribution in [2.75, 3.05) is 17.6 Å². The van der Waals surface area contributed by atoms with Gasteiger partial charge in [0.15, 0.2) is 0 Å². The van der Waals surface area contributed by atoms with E-state index in [4.69, 9.17) is 16.2 Å². The summed E-state index contributed by atoms with van der Waals surface area (Å²) in [7, 11) is 0. The second-order valence-electron chi connectivity index (χ2n) is 4.25. The number of primary amides is 1. The van der Waals surface area contributed by atoms with Gasteiger partial charge in [-0.3, -0.25) is 4.79 Å². The summed E-state index contributed by atoms with van der Waals surface area (Å²) < 4.78 is 5.48. The number of pyridine rings is 1. The van der Waals surface area contributed by atoms with Crippen LogP contribution in [0.4, 0.5) is 11.5 Å². The molecule has 0 saturated heterocycles. The van der Waals surface area contributed by atoms with Gasteiger partial charge >= 0.3 is 0 Å². The zero-order valence-corrected chi connectivity index (χ0v) is 10.8. The van der Waals surface area contributed by atoms with E-state index < -0.39 is 0 Å². The Morgan fingerprint density at radius 1 is 1.50 bits per heavy atom. The minimum absolute atomic E-state index is 0.0184. The smallest absolute Gasteiger partial charge is 0.239 e. The van der Waals surface area contributed by atoms with Crippen LogP contribution in [0.5, 0.6) is 5.88 Å². The van der Waals surface area contributed by atoms with E-state index in [-0.39, 0.29) is 12.0 Å². The number of hydrogen-bond acceptors (Lipinski definition) is 5. The number of nitrogens with two attached hydrogens (primary N) is 2. The van der Waals surface area contributed by atoms with Crippen LogP contribution in [-0.2, 0) is 4.79 Å². The number of hydrogen-bond donors (Lipinski definition) is 3. The monoisotopic (exact) mass is 252 g/mol. The summed E-state index contributed by atoms with van der Waals surface area (Å²) in [6.07, 6.45) is 1.05. The van der Waals surface area contributed by atoms with Crippen molar-refractivity contribution in [3.63, 3.8) is 0 Å². The Hall–Kier alpha value is -1.98. The third kappa shape index (κ3) is 4.90. The topological polar surface area (TPSA) is 103 Å². The number of carbonyl (C=O) groups excluding carboxylic acids is 1. The fourth-order valence-corrected chi connectivity index (χ4v) is 1.35. The molecule has 0 radical (unpaired) electrons. The predicted molar refractivity (Wildman–Crippen MR) is 71.3 cm³/mol. The fourth-order valence-electron chi connectivity index (χ4n) is 1.35. The third-order valence-electron chi connectivity index (χ3n) is 2.14. The molecule has 5 N–H and O–H groups in total. The molecular weight excluding hydrogens is 232 g/mol. The Morgan fingerprint density at radius 3 is 2.83 bits per heavy atom. The van der Waals surface area contributed by atoms with Crippen LogP contribution in [0, 0.1) is 0 Å². The molecule has 6 nitrogen and oxygen atoms in total. The number of amides is 1. The molecular formula is C12H20N4O2. The Labute approximate surface area is 107 Å². The van der Waals surface area contributed by atoms with Gasteiger partial charge in [0, 0.05) is 13.0 Å². The van der Waals surface area contributed by atoms with E-state index in [9.17, 15) is 4.79 Å². The molecule has 0 aliphatic heterocycles. The van der Waals surface area contributed by atoms with Gasteiger partial charge in [-0.25, -0.2) is 0 Å². The predicted octanol–water partition coefficient (Wildman–Crippen LogP) is 1.13. The summed E-state index contributed by atoms with van der Waals surface area (Å²) >= 11 is 0. The van der Waals surface area contributed by atoms with Gasteiger partial charge in [0.05, 0.1) is 11.8 Å². The molecule has 0 unspecified atom stereocenters. The number of carbonyl (C=O) groups is 1. The summed E-state index contributed by atoms with van der Waals surface area (Å²) in [6.45, 7) is 4.45. The zero-order chi connectivity index (χ0) is 13.5. The number of rotatable bonds is 7.